The van der Waals surface area contributed by atoms with Gasteiger partial charge in [-0.25, -0.2) is 8.42 Å². The van der Waals surface area contributed by atoms with E-state index in [0.29, 0.717) is 13.0 Å². The fraction of sp³-hybridized carbons (Fsp3) is 0.310. The number of aryl methyl sites for hydroxylation is 1. The Balaban J connectivity index is 2.07. The number of nitrogens with zero attached hydrogens (tertiary/aromatic N) is 2. The number of benzene rings is 3. The molecule has 0 aliphatic heterocycles. The quantitative estimate of drug-likeness (QED) is 0.288. The van der Waals surface area contributed by atoms with Gasteiger partial charge in [-0.1, -0.05) is 85.1 Å². The fourth-order valence-corrected chi connectivity index (χ4v) is 6.03. The molecule has 0 saturated carbocycles. The molecule has 10 heteroatoms. The number of amides is 2. The highest BCUT2D eigenvalue weighted by atomic mass is 35.5. The maximum atomic E-state index is 14.0. The highest BCUT2D eigenvalue weighted by molar-refractivity contribution is 7.92. The minimum absolute atomic E-state index is 0.0133. The molecule has 208 valence electrons. The van der Waals surface area contributed by atoms with E-state index in [1.165, 1.54) is 35.2 Å². The SMILES string of the molecule is CCCNC(=O)C(CC)N(Cc1ccccc1)C(=O)CN(c1cc(Cl)cc(Cl)c1)S(=O)(=O)c1ccc(C)cc1. The first kappa shape index (κ1) is 30.5. The average Bonchev–Trinajstić information content (AvgIpc) is 2.90. The molecule has 1 atom stereocenters. The summed E-state index contributed by atoms with van der Waals surface area (Å²) in [5.41, 5.74) is 1.84. The minimum atomic E-state index is -4.20. The molecular formula is C29H33Cl2N3O4S. The topological polar surface area (TPSA) is 86.8 Å². The molecule has 7 nitrogen and oxygen atoms in total. The molecule has 2 amide bonds. The second-order valence-corrected chi connectivity index (χ2v) is 11.9. The molecule has 0 bridgehead atoms. The van der Waals surface area contributed by atoms with Gasteiger partial charge in [0.2, 0.25) is 11.8 Å². The lowest BCUT2D eigenvalue weighted by molar-refractivity contribution is -0.140. The second-order valence-electron chi connectivity index (χ2n) is 9.17. The van der Waals surface area contributed by atoms with Crippen LogP contribution in [-0.2, 0) is 26.2 Å². The summed E-state index contributed by atoms with van der Waals surface area (Å²) in [4.78, 5) is 28.5. The van der Waals surface area contributed by atoms with E-state index in [1.807, 2.05) is 51.1 Å². The van der Waals surface area contributed by atoms with Gasteiger partial charge < -0.3 is 10.2 Å². The Hall–Kier alpha value is -3.07. The largest absolute Gasteiger partial charge is 0.354 e. The molecular weight excluding hydrogens is 557 g/mol. The van der Waals surface area contributed by atoms with Crippen molar-refractivity contribution in [3.63, 3.8) is 0 Å². The summed E-state index contributed by atoms with van der Waals surface area (Å²) in [6.45, 7) is 5.66. The summed E-state index contributed by atoms with van der Waals surface area (Å²) in [5, 5.41) is 3.31. The van der Waals surface area contributed by atoms with Gasteiger partial charge >= 0.3 is 0 Å². The lowest BCUT2D eigenvalue weighted by Gasteiger charge is -2.33. The van der Waals surface area contributed by atoms with Gasteiger partial charge in [0.1, 0.15) is 12.6 Å². The Morgan fingerprint density at radius 2 is 1.54 bits per heavy atom. The number of hydrogen-bond donors (Lipinski definition) is 1. The Morgan fingerprint density at radius 3 is 2.10 bits per heavy atom. The van der Waals surface area contributed by atoms with Crippen LogP contribution >= 0.6 is 23.2 Å². The maximum Gasteiger partial charge on any atom is 0.264 e. The third kappa shape index (κ3) is 7.97. The van der Waals surface area contributed by atoms with Crippen molar-refractivity contribution in [1.29, 1.82) is 0 Å². The number of nitrogens with one attached hydrogen (secondary N) is 1. The zero-order chi connectivity index (χ0) is 28.6. The van der Waals surface area contributed by atoms with E-state index in [9.17, 15) is 18.0 Å². The summed E-state index contributed by atoms with van der Waals surface area (Å²) in [7, 11) is -4.20. The maximum absolute atomic E-state index is 14.0. The molecule has 0 aliphatic rings. The van der Waals surface area contributed by atoms with Crippen LogP contribution in [0.1, 0.15) is 37.8 Å². The summed E-state index contributed by atoms with van der Waals surface area (Å²) >= 11 is 12.5. The van der Waals surface area contributed by atoms with E-state index in [1.54, 1.807) is 12.1 Å². The number of rotatable bonds is 12. The lowest BCUT2D eigenvalue weighted by Crippen LogP contribution is -2.52. The van der Waals surface area contributed by atoms with Crippen LogP contribution in [0, 0.1) is 6.92 Å². The van der Waals surface area contributed by atoms with Gasteiger partial charge in [0.15, 0.2) is 0 Å². The molecule has 3 aromatic carbocycles. The van der Waals surface area contributed by atoms with Gasteiger partial charge in [-0.3, -0.25) is 13.9 Å². The Bertz CT molecular complexity index is 1360. The highest BCUT2D eigenvalue weighted by Gasteiger charge is 2.33. The number of carbonyl (C=O) groups is 2. The van der Waals surface area contributed by atoms with Crippen molar-refractivity contribution in [1.82, 2.24) is 10.2 Å². The van der Waals surface area contributed by atoms with Crippen LogP contribution in [0.2, 0.25) is 10.0 Å². The van der Waals surface area contributed by atoms with E-state index in [-0.39, 0.29) is 33.1 Å². The molecule has 0 saturated heterocycles. The molecule has 1 N–H and O–H groups in total. The molecule has 0 aromatic heterocycles. The highest BCUT2D eigenvalue weighted by Crippen LogP contribution is 2.30. The molecule has 0 radical (unpaired) electrons. The molecule has 1 unspecified atom stereocenters. The van der Waals surface area contributed by atoms with Gasteiger partial charge in [-0.05, 0) is 55.7 Å². The van der Waals surface area contributed by atoms with Crippen molar-refractivity contribution in [3.05, 3.63) is 94.0 Å². The minimum Gasteiger partial charge on any atom is -0.354 e. The molecule has 39 heavy (non-hydrogen) atoms. The van der Waals surface area contributed by atoms with Crippen molar-refractivity contribution in [2.45, 2.75) is 51.1 Å². The van der Waals surface area contributed by atoms with Gasteiger partial charge in [0.25, 0.3) is 10.0 Å². The molecule has 0 aliphatic carbocycles. The van der Waals surface area contributed by atoms with Crippen molar-refractivity contribution in [2.24, 2.45) is 0 Å². The zero-order valence-electron chi connectivity index (χ0n) is 22.2. The standard InChI is InChI=1S/C29H33Cl2N3O4S/c1-4-15-32-29(36)27(5-2)33(19-22-9-7-6-8-10-22)28(35)20-34(25-17-23(30)16-24(31)18-25)39(37,38)26-13-11-21(3)12-14-26/h6-14,16-18,27H,4-5,15,19-20H2,1-3H3,(H,32,36). The summed E-state index contributed by atoms with van der Waals surface area (Å²) in [5.74, 6) is -0.827. The van der Waals surface area contributed by atoms with Crippen molar-refractivity contribution >= 4 is 50.7 Å². The van der Waals surface area contributed by atoms with Gasteiger partial charge in [0, 0.05) is 23.1 Å². The van der Waals surface area contributed by atoms with E-state index in [4.69, 9.17) is 23.2 Å². The molecule has 0 heterocycles. The van der Waals surface area contributed by atoms with Crippen molar-refractivity contribution in [3.8, 4) is 0 Å². The number of carbonyl (C=O) groups excluding carboxylic acids is 2. The van der Waals surface area contributed by atoms with E-state index < -0.39 is 28.5 Å². The molecule has 0 spiro atoms. The fourth-order valence-electron chi connectivity index (χ4n) is 4.12. The monoisotopic (exact) mass is 589 g/mol. The summed E-state index contributed by atoms with van der Waals surface area (Å²) < 4.78 is 28.8. The molecule has 3 rings (SSSR count). The lowest BCUT2D eigenvalue weighted by atomic mass is 10.1. The van der Waals surface area contributed by atoms with Gasteiger partial charge in [-0.15, -0.1) is 0 Å². The Labute approximate surface area is 240 Å². The van der Waals surface area contributed by atoms with Crippen LogP contribution in [0.3, 0.4) is 0 Å². The van der Waals surface area contributed by atoms with E-state index in [0.717, 1.165) is 21.9 Å². The number of anilines is 1. The molecule has 0 fully saturated rings. The van der Waals surface area contributed by atoms with Gasteiger partial charge in [0.05, 0.1) is 10.6 Å². The summed E-state index contributed by atoms with van der Waals surface area (Å²) in [6.07, 6.45) is 1.09. The third-order valence-electron chi connectivity index (χ3n) is 6.15. The summed E-state index contributed by atoms with van der Waals surface area (Å²) in [6, 6.07) is 19.2. The number of hydrogen-bond acceptors (Lipinski definition) is 4. The van der Waals surface area contributed by atoms with Gasteiger partial charge in [-0.2, -0.15) is 0 Å². The predicted molar refractivity (Wildman–Crippen MR) is 157 cm³/mol. The van der Waals surface area contributed by atoms with Crippen LogP contribution < -0.4 is 9.62 Å². The third-order valence-corrected chi connectivity index (χ3v) is 8.38. The smallest absolute Gasteiger partial charge is 0.264 e. The Morgan fingerprint density at radius 1 is 0.923 bits per heavy atom. The molecule has 3 aromatic rings. The van der Waals surface area contributed by atoms with Crippen LogP contribution in [0.15, 0.2) is 77.7 Å². The second kappa shape index (κ2) is 13.8. The zero-order valence-corrected chi connectivity index (χ0v) is 24.6. The van der Waals surface area contributed by atoms with Crippen LogP contribution in [0.4, 0.5) is 5.69 Å². The first-order valence-corrected chi connectivity index (χ1v) is 14.9. The van der Waals surface area contributed by atoms with E-state index >= 15 is 0 Å². The first-order valence-electron chi connectivity index (χ1n) is 12.7. The predicted octanol–water partition coefficient (Wildman–Crippen LogP) is 5.83. The van der Waals surface area contributed by atoms with E-state index in [2.05, 4.69) is 5.32 Å². The first-order chi connectivity index (χ1) is 18.6. The van der Waals surface area contributed by atoms with Crippen LogP contribution in [0.25, 0.3) is 0 Å². The normalized spacial score (nSPS) is 12.0. The number of sulfonamides is 1. The number of halogens is 2. The van der Waals surface area contributed by atoms with Crippen molar-refractivity contribution in [2.75, 3.05) is 17.4 Å². The van der Waals surface area contributed by atoms with Crippen LogP contribution in [0.5, 0.6) is 0 Å². The average molecular weight is 591 g/mol. The Kier molecular flexibility index (Phi) is 10.8. The van der Waals surface area contributed by atoms with Crippen LogP contribution in [-0.4, -0.2) is 44.3 Å². The van der Waals surface area contributed by atoms with Crippen molar-refractivity contribution < 1.29 is 18.0 Å².